The summed E-state index contributed by atoms with van der Waals surface area (Å²) in [6.07, 6.45) is 1.69. The second-order valence-corrected chi connectivity index (χ2v) is 5.24. The van der Waals surface area contributed by atoms with Crippen molar-refractivity contribution >= 4 is 5.91 Å². The normalized spacial score (nSPS) is 10.5. The van der Waals surface area contributed by atoms with Crippen molar-refractivity contribution in [1.29, 1.82) is 0 Å². The van der Waals surface area contributed by atoms with E-state index >= 15 is 0 Å². The lowest BCUT2D eigenvalue weighted by molar-refractivity contribution is 0.0365. The van der Waals surface area contributed by atoms with Gasteiger partial charge in [0.1, 0.15) is 11.4 Å². The molecule has 128 valence electrons. The molecule has 0 radical (unpaired) electrons. The molecule has 0 saturated carbocycles. The second kappa shape index (κ2) is 7.63. The molecule has 0 aliphatic heterocycles. The van der Waals surface area contributed by atoms with Crippen molar-refractivity contribution in [2.24, 2.45) is 0 Å². The minimum absolute atomic E-state index is 0.357. The van der Waals surface area contributed by atoms with Gasteiger partial charge < -0.3 is 4.74 Å². The fraction of sp³-hybridized carbons (Fsp3) is 0.158. The van der Waals surface area contributed by atoms with Gasteiger partial charge in [0.25, 0.3) is 5.91 Å². The Morgan fingerprint density at radius 1 is 1.12 bits per heavy atom. The number of nitrogens with zero attached hydrogens (tertiary/aromatic N) is 2. The van der Waals surface area contributed by atoms with Gasteiger partial charge in [-0.05, 0) is 31.2 Å². The average Bonchev–Trinajstić information content (AvgIpc) is 3.12. The highest BCUT2D eigenvalue weighted by molar-refractivity contribution is 6.00. The SMILES string of the molecule is CCONC(=O)c1cn(-c2ccccc2)nc1-c1ccccc1OC. The summed E-state index contributed by atoms with van der Waals surface area (Å²) in [5, 5.41) is 4.61. The summed E-state index contributed by atoms with van der Waals surface area (Å²) in [5.74, 6) is 0.288. The Hall–Kier alpha value is -3.12. The maximum Gasteiger partial charge on any atom is 0.278 e. The molecule has 2 aromatic carbocycles. The zero-order chi connectivity index (χ0) is 17.6. The summed E-state index contributed by atoms with van der Waals surface area (Å²) in [6.45, 7) is 2.18. The van der Waals surface area contributed by atoms with Gasteiger partial charge in [0.2, 0.25) is 0 Å². The molecule has 3 aromatic rings. The van der Waals surface area contributed by atoms with E-state index in [2.05, 4.69) is 10.6 Å². The van der Waals surface area contributed by atoms with Gasteiger partial charge in [0.05, 0.1) is 25.0 Å². The average molecular weight is 337 g/mol. The van der Waals surface area contributed by atoms with E-state index in [-0.39, 0.29) is 5.91 Å². The van der Waals surface area contributed by atoms with Crippen LogP contribution in [-0.2, 0) is 4.84 Å². The van der Waals surface area contributed by atoms with Crippen LogP contribution in [0.25, 0.3) is 16.9 Å². The van der Waals surface area contributed by atoms with E-state index < -0.39 is 0 Å². The first-order valence-corrected chi connectivity index (χ1v) is 7.95. The number of carbonyl (C=O) groups is 1. The zero-order valence-electron chi connectivity index (χ0n) is 14.1. The van der Waals surface area contributed by atoms with Crippen LogP contribution < -0.4 is 10.2 Å². The van der Waals surface area contributed by atoms with E-state index in [0.717, 1.165) is 11.3 Å². The van der Waals surface area contributed by atoms with Crippen LogP contribution in [0.15, 0.2) is 60.8 Å². The lowest BCUT2D eigenvalue weighted by Crippen LogP contribution is -2.23. The molecule has 6 nitrogen and oxygen atoms in total. The van der Waals surface area contributed by atoms with Crippen LogP contribution in [0, 0.1) is 0 Å². The van der Waals surface area contributed by atoms with E-state index in [4.69, 9.17) is 9.57 Å². The van der Waals surface area contributed by atoms with E-state index in [1.165, 1.54) is 0 Å². The maximum absolute atomic E-state index is 12.5. The Balaban J connectivity index is 2.11. The molecule has 0 atom stereocenters. The lowest BCUT2D eigenvalue weighted by atomic mass is 10.1. The molecule has 1 N–H and O–H groups in total. The molecular formula is C19H19N3O3. The van der Waals surface area contributed by atoms with E-state index in [1.54, 1.807) is 24.9 Å². The van der Waals surface area contributed by atoms with Crippen molar-refractivity contribution in [3.63, 3.8) is 0 Å². The van der Waals surface area contributed by atoms with Crippen LogP contribution in [0.3, 0.4) is 0 Å². The zero-order valence-corrected chi connectivity index (χ0v) is 14.1. The Kier molecular flexibility index (Phi) is 5.11. The van der Waals surface area contributed by atoms with Crippen LogP contribution in [-0.4, -0.2) is 29.4 Å². The number of carbonyl (C=O) groups excluding carboxylic acids is 1. The predicted octanol–water partition coefficient (Wildman–Crippen LogP) is 3.23. The molecule has 1 aromatic heterocycles. The third kappa shape index (κ3) is 3.54. The number of methoxy groups -OCH3 is 1. The lowest BCUT2D eigenvalue weighted by Gasteiger charge is -2.08. The molecule has 0 spiro atoms. The number of hydrogen-bond donors (Lipinski definition) is 1. The van der Waals surface area contributed by atoms with Crippen LogP contribution in [0.1, 0.15) is 17.3 Å². The molecule has 6 heteroatoms. The number of hydrogen-bond acceptors (Lipinski definition) is 4. The topological polar surface area (TPSA) is 65.4 Å². The Morgan fingerprint density at radius 3 is 2.56 bits per heavy atom. The first-order valence-electron chi connectivity index (χ1n) is 7.95. The van der Waals surface area contributed by atoms with Crippen molar-refractivity contribution < 1.29 is 14.4 Å². The first kappa shape index (κ1) is 16.7. The van der Waals surface area contributed by atoms with Gasteiger partial charge in [-0.15, -0.1) is 0 Å². The van der Waals surface area contributed by atoms with Gasteiger partial charge in [-0.3, -0.25) is 9.63 Å². The highest BCUT2D eigenvalue weighted by Crippen LogP contribution is 2.31. The highest BCUT2D eigenvalue weighted by atomic mass is 16.6. The smallest absolute Gasteiger partial charge is 0.278 e. The highest BCUT2D eigenvalue weighted by Gasteiger charge is 2.21. The maximum atomic E-state index is 12.5. The Morgan fingerprint density at radius 2 is 1.84 bits per heavy atom. The van der Waals surface area contributed by atoms with Gasteiger partial charge in [-0.2, -0.15) is 5.10 Å². The number of rotatable bonds is 6. The number of benzene rings is 2. The van der Waals surface area contributed by atoms with Gasteiger partial charge in [0, 0.05) is 11.8 Å². The molecule has 0 fully saturated rings. The van der Waals surface area contributed by atoms with Crippen molar-refractivity contribution in [2.45, 2.75) is 6.92 Å². The largest absolute Gasteiger partial charge is 0.496 e. The number of hydroxylamine groups is 1. The first-order chi connectivity index (χ1) is 12.2. The summed E-state index contributed by atoms with van der Waals surface area (Å²) < 4.78 is 7.09. The van der Waals surface area contributed by atoms with Crippen molar-refractivity contribution in [2.75, 3.05) is 13.7 Å². The molecule has 0 saturated heterocycles. The third-order valence-corrected chi connectivity index (χ3v) is 3.65. The molecule has 0 aliphatic carbocycles. The predicted molar refractivity (Wildman–Crippen MR) is 94.6 cm³/mol. The summed E-state index contributed by atoms with van der Waals surface area (Å²) in [7, 11) is 1.59. The minimum Gasteiger partial charge on any atom is -0.496 e. The monoisotopic (exact) mass is 337 g/mol. The number of amides is 1. The number of nitrogens with one attached hydrogen (secondary N) is 1. The van der Waals surface area contributed by atoms with E-state index in [1.807, 2.05) is 54.6 Å². The molecule has 0 aliphatic rings. The fourth-order valence-corrected chi connectivity index (χ4v) is 2.48. The summed E-state index contributed by atoms with van der Waals surface area (Å²) in [4.78, 5) is 17.6. The van der Waals surface area contributed by atoms with Crippen LogP contribution in [0.4, 0.5) is 0 Å². The number of aromatic nitrogens is 2. The third-order valence-electron chi connectivity index (χ3n) is 3.65. The molecule has 1 amide bonds. The van der Waals surface area contributed by atoms with Crippen molar-refractivity contribution in [1.82, 2.24) is 15.3 Å². The summed E-state index contributed by atoms with van der Waals surface area (Å²) in [6, 6.07) is 17.1. The Bertz CT molecular complexity index is 859. The van der Waals surface area contributed by atoms with E-state index in [9.17, 15) is 4.79 Å². The van der Waals surface area contributed by atoms with Crippen LogP contribution >= 0.6 is 0 Å². The minimum atomic E-state index is -0.357. The molecule has 0 bridgehead atoms. The number of para-hydroxylation sites is 2. The van der Waals surface area contributed by atoms with Gasteiger partial charge in [-0.1, -0.05) is 30.3 Å². The van der Waals surface area contributed by atoms with Gasteiger partial charge >= 0.3 is 0 Å². The molecular weight excluding hydrogens is 318 g/mol. The molecule has 25 heavy (non-hydrogen) atoms. The molecule has 0 unspecified atom stereocenters. The molecule has 3 rings (SSSR count). The van der Waals surface area contributed by atoms with Crippen LogP contribution in [0.2, 0.25) is 0 Å². The van der Waals surface area contributed by atoms with Crippen molar-refractivity contribution in [3.05, 3.63) is 66.4 Å². The summed E-state index contributed by atoms with van der Waals surface area (Å²) in [5.41, 5.74) is 4.95. The van der Waals surface area contributed by atoms with Crippen LogP contribution in [0.5, 0.6) is 5.75 Å². The quantitative estimate of drug-likeness (QED) is 0.701. The summed E-state index contributed by atoms with van der Waals surface area (Å²) >= 11 is 0. The van der Waals surface area contributed by atoms with Gasteiger partial charge in [-0.25, -0.2) is 10.2 Å². The van der Waals surface area contributed by atoms with Crippen molar-refractivity contribution in [3.8, 4) is 22.7 Å². The fourth-order valence-electron chi connectivity index (χ4n) is 2.48. The molecule has 1 heterocycles. The number of ether oxygens (including phenoxy) is 1. The van der Waals surface area contributed by atoms with Gasteiger partial charge in [0.15, 0.2) is 0 Å². The van der Waals surface area contributed by atoms with E-state index in [0.29, 0.717) is 23.6 Å². The Labute approximate surface area is 146 Å². The standard InChI is InChI=1S/C19H19N3O3/c1-3-25-21-19(23)16-13-22(14-9-5-4-6-10-14)20-18(16)15-11-7-8-12-17(15)24-2/h4-13H,3H2,1-2H3,(H,21,23). The second-order valence-electron chi connectivity index (χ2n) is 5.24.